The van der Waals surface area contributed by atoms with Crippen LogP contribution in [0.2, 0.25) is 0 Å². The fourth-order valence-corrected chi connectivity index (χ4v) is 1.95. The number of nitrogens with two attached hydrogens (primary N) is 1. The zero-order chi connectivity index (χ0) is 17.0. The van der Waals surface area contributed by atoms with Crippen molar-refractivity contribution in [1.29, 1.82) is 0 Å². The van der Waals surface area contributed by atoms with E-state index in [1.165, 1.54) is 6.08 Å². The number of carbonyl (C=O) groups is 1. The van der Waals surface area contributed by atoms with Gasteiger partial charge in [0, 0.05) is 11.6 Å². The second-order valence-corrected chi connectivity index (χ2v) is 5.75. The van der Waals surface area contributed by atoms with Crippen molar-refractivity contribution < 1.29 is 14.6 Å². The highest BCUT2D eigenvalue weighted by molar-refractivity contribution is 5.93. The lowest BCUT2D eigenvalue weighted by atomic mass is 10.1. The molecule has 0 aliphatic rings. The van der Waals surface area contributed by atoms with Crippen LogP contribution < -0.4 is 10.5 Å². The van der Waals surface area contributed by atoms with E-state index in [0.29, 0.717) is 17.8 Å². The van der Waals surface area contributed by atoms with Gasteiger partial charge in [-0.15, -0.1) is 0 Å². The van der Waals surface area contributed by atoms with Crippen LogP contribution in [0.5, 0.6) is 5.75 Å². The number of hydrogen-bond acceptors (Lipinski definition) is 4. The zero-order valence-electron chi connectivity index (χ0n) is 13.0. The summed E-state index contributed by atoms with van der Waals surface area (Å²) >= 11 is 0. The Labute approximate surface area is 133 Å². The summed E-state index contributed by atoms with van der Waals surface area (Å²) in [6, 6.07) is 1.80. The Kier molecular flexibility index (Phi) is 4.67. The summed E-state index contributed by atoms with van der Waals surface area (Å²) in [6.45, 7) is 10.4. The molecule has 0 aromatic carbocycles. The number of fused-ring (bicyclic) bond motifs is 1. The third kappa shape index (κ3) is 4.31. The maximum Gasteiger partial charge on any atom is 0.247 e. The summed E-state index contributed by atoms with van der Waals surface area (Å²) in [5.41, 5.74) is 5.62. The average Bonchev–Trinajstić information content (AvgIpc) is 2.87. The molecule has 1 amide bonds. The molecule has 0 unspecified atom stereocenters. The van der Waals surface area contributed by atoms with Crippen LogP contribution in [0.3, 0.4) is 0 Å². The van der Waals surface area contributed by atoms with Gasteiger partial charge < -0.3 is 20.6 Å². The molecule has 2 heterocycles. The Morgan fingerprint density at radius 3 is 2.96 bits per heavy atom. The van der Waals surface area contributed by atoms with Crippen LogP contribution in [0.15, 0.2) is 30.2 Å². The lowest BCUT2D eigenvalue weighted by Gasteiger charge is -2.17. The molecule has 2 rings (SSSR count). The Balaban J connectivity index is 2.25. The smallest absolute Gasteiger partial charge is 0.247 e. The molecule has 2 aromatic heterocycles. The summed E-state index contributed by atoms with van der Waals surface area (Å²) in [7, 11) is 0. The second-order valence-electron chi connectivity index (χ2n) is 5.75. The highest BCUT2D eigenvalue weighted by Crippen LogP contribution is 2.23. The summed E-state index contributed by atoms with van der Waals surface area (Å²) < 4.78 is 5.52. The number of nitrogens with one attached hydrogen (secondary N) is 1. The van der Waals surface area contributed by atoms with Crippen molar-refractivity contribution in [3.63, 3.8) is 0 Å². The van der Waals surface area contributed by atoms with E-state index in [1.807, 2.05) is 0 Å². The number of aliphatic hydroxyl groups is 1. The molecule has 0 radical (unpaired) electrons. The number of H-pyrrole nitrogens is 1. The van der Waals surface area contributed by atoms with Crippen molar-refractivity contribution in [3.8, 4) is 5.75 Å². The number of allylic oxidation sites excluding steroid dienone is 1. The predicted molar refractivity (Wildman–Crippen MR) is 85.5 cm³/mol. The minimum Gasteiger partial charge on any atom is -0.489 e. The largest absolute Gasteiger partial charge is 0.489 e. The van der Waals surface area contributed by atoms with E-state index < -0.39 is 11.5 Å². The first-order valence-corrected chi connectivity index (χ1v) is 6.99. The number of ether oxygens (including phenoxy) is 1. The van der Waals surface area contributed by atoms with E-state index >= 15 is 0 Å². The molecular formula is C16H18N4O3. The topological polar surface area (TPSA) is 106 Å². The van der Waals surface area contributed by atoms with Crippen molar-refractivity contribution in [2.45, 2.75) is 25.9 Å². The van der Waals surface area contributed by atoms with Crippen LogP contribution in [-0.2, 0) is 11.2 Å². The van der Waals surface area contributed by atoms with Crippen molar-refractivity contribution in [2.75, 3.05) is 6.61 Å². The highest BCUT2D eigenvalue weighted by atomic mass is 16.5. The zero-order valence-corrected chi connectivity index (χ0v) is 13.0. The van der Waals surface area contributed by atoms with Gasteiger partial charge in [0.05, 0.1) is 18.4 Å². The molecule has 0 fully saturated rings. The first-order valence-electron chi connectivity index (χ1n) is 6.99. The Bertz CT molecular complexity index is 794. The molecule has 0 bridgehead atoms. The van der Waals surface area contributed by atoms with Gasteiger partial charge in [0.15, 0.2) is 0 Å². The van der Waals surface area contributed by atoms with Crippen molar-refractivity contribution in [2.24, 2.45) is 5.73 Å². The molecule has 0 saturated carbocycles. The summed E-state index contributed by atoms with van der Waals surface area (Å²) in [5, 5.41) is 10.5. The third-order valence-electron chi connectivity index (χ3n) is 3.07. The summed E-state index contributed by atoms with van der Waals surface area (Å²) in [5.74, 6) is -0.211. The van der Waals surface area contributed by atoms with E-state index in [4.69, 9.17) is 17.0 Å². The average molecular weight is 314 g/mol. The molecule has 7 nitrogen and oxygen atoms in total. The molecular weight excluding hydrogens is 296 g/mol. The number of aromatic amines is 1. The quantitative estimate of drug-likeness (QED) is 0.555. The fourth-order valence-electron chi connectivity index (χ4n) is 1.95. The lowest BCUT2D eigenvalue weighted by Crippen LogP contribution is -2.27. The molecule has 2 aromatic rings. The van der Waals surface area contributed by atoms with E-state index in [2.05, 4.69) is 14.8 Å². The van der Waals surface area contributed by atoms with Gasteiger partial charge >= 0.3 is 0 Å². The van der Waals surface area contributed by atoms with Gasteiger partial charge in [-0.2, -0.15) is 0 Å². The van der Waals surface area contributed by atoms with Gasteiger partial charge in [-0.1, -0.05) is 6.08 Å². The molecule has 0 saturated heterocycles. The van der Waals surface area contributed by atoms with Gasteiger partial charge in [-0.05, 0) is 31.9 Å². The van der Waals surface area contributed by atoms with E-state index in [-0.39, 0.29) is 12.3 Å². The molecule has 4 N–H and O–H groups in total. The molecule has 23 heavy (non-hydrogen) atoms. The maximum atomic E-state index is 11.1. The normalized spacial score (nSPS) is 12.2. The van der Waals surface area contributed by atoms with Crippen LogP contribution in [0.1, 0.15) is 19.4 Å². The Hall–Kier alpha value is -2.85. The Morgan fingerprint density at radius 1 is 1.61 bits per heavy atom. The standard InChI is InChI=1S/C16H18N4O3/c1-16(2,22)9-23-11-6-12-10(7-19-15(12)20-8-11)4-5-13(18-3)14(17)21/h5-8,22H,4,9H2,1-2H3,(H2,17,21)(H,19,20)/b13-5-. The van der Waals surface area contributed by atoms with E-state index in [1.54, 1.807) is 32.3 Å². The number of aromatic nitrogens is 2. The third-order valence-corrected chi connectivity index (χ3v) is 3.07. The van der Waals surface area contributed by atoms with Gasteiger partial charge in [-0.25, -0.2) is 9.83 Å². The van der Waals surface area contributed by atoms with Crippen molar-refractivity contribution >= 4 is 16.9 Å². The lowest BCUT2D eigenvalue weighted by molar-refractivity contribution is -0.114. The highest BCUT2D eigenvalue weighted by Gasteiger charge is 2.14. The monoisotopic (exact) mass is 314 g/mol. The number of amides is 1. The minimum absolute atomic E-state index is 0.0956. The van der Waals surface area contributed by atoms with Gasteiger partial charge in [0.2, 0.25) is 11.6 Å². The Morgan fingerprint density at radius 2 is 2.35 bits per heavy atom. The van der Waals surface area contributed by atoms with Crippen LogP contribution in [0, 0.1) is 6.57 Å². The minimum atomic E-state index is -0.940. The fraction of sp³-hybridized carbons (Fsp3) is 0.312. The first kappa shape index (κ1) is 16.5. The van der Waals surface area contributed by atoms with Crippen molar-refractivity contribution in [1.82, 2.24) is 9.97 Å². The molecule has 0 aliphatic heterocycles. The number of primary amides is 1. The summed E-state index contributed by atoms with van der Waals surface area (Å²) in [6.07, 6.45) is 5.19. The number of rotatable bonds is 6. The van der Waals surface area contributed by atoms with Crippen LogP contribution >= 0.6 is 0 Å². The van der Waals surface area contributed by atoms with Crippen molar-refractivity contribution in [3.05, 3.63) is 47.2 Å². The molecule has 0 aliphatic carbocycles. The number of carbonyl (C=O) groups excluding carboxylic acids is 1. The summed E-state index contributed by atoms with van der Waals surface area (Å²) in [4.78, 5) is 21.4. The van der Waals surface area contributed by atoms with Gasteiger partial charge in [-0.3, -0.25) is 4.79 Å². The van der Waals surface area contributed by atoms with Crippen LogP contribution in [-0.4, -0.2) is 33.2 Å². The molecule has 0 atom stereocenters. The van der Waals surface area contributed by atoms with Gasteiger partial charge in [0.25, 0.3) is 0 Å². The van der Waals surface area contributed by atoms with E-state index in [0.717, 1.165) is 10.9 Å². The predicted octanol–water partition coefficient (Wildman–Crippen LogP) is 1.54. The first-order chi connectivity index (χ1) is 10.8. The number of nitrogens with zero attached hydrogens (tertiary/aromatic N) is 2. The molecule has 120 valence electrons. The molecule has 0 spiro atoms. The molecule has 7 heteroatoms. The second kappa shape index (κ2) is 6.50. The maximum absolute atomic E-state index is 11.1. The van der Waals surface area contributed by atoms with Crippen LogP contribution in [0.4, 0.5) is 0 Å². The van der Waals surface area contributed by atoms with Crippen LogP contribution in [0.25, 0.3) is 15.9 Å². The number of hydrogen-bond donors (Lipinski definition) is 3. The van der Waals surface area contributed by atoms with E-state index in [9.17, 15) is 9.90 Å². The van der Waals surface area contributed by atoms with Gasteiger partial charge in [0.1, 0.15) is 18.0 Å². The SMILES string of the molecule is [C-]#[N+]/C(=C\Cc1c[nH]c2ncc(OCC(C)(C)O)cc12)C(N)=O. The number of pyridine rings is 1.